The van der Waals surface area contributed by atoms with E-state index in [1.165, 1.54) is 5.56 Å². The molecular formula is C16H17N3O. The second-order valence-corrected chi connectivity index (χ2v) is 5.04. The number of carbonyl (C=O) groups excluding carboxylic acids is 1. The number of nitrogens with two attached hydrogens (primary N) is 1. The molecule has 0 saturated carbocycles. The van der Waals surface area contributed by atoms with Gasteiger partial charge in [0, 0.05) is 36.2 Å². The number of fused-ring (bicyclic) bond motifs is 1. The van der Waals surface area contributed by atoms with Crippen molar-refractivity contribution >= 4 is 28.7 Å². The molecule has 0 atom stereocenters. The molecule has 3 rings (SSSR count). The number of amides is 1. The SMILES string of the molecule is CN(c1ccc(N)cc1)c1ccc2c(c1)CCC(=O)N2. The number of carbonyl (C=O) groups is 1. The zero-order chi connectivity index (χ0) is 14.1. The largest absolute Gasteiger partial charge is 0.399 e. The van der Waals surface area contributed by atoms with Crippen LogP contribution in [0, 0.1) is 0 Å². The minimum absolute atomic E-state index is 0.0946. The van der Waals surface area contributed by atoms with Gasteiger partial charge in [-0.05, 0) is 54.4 Å². The van der Waals surface area contributed by atoms with E-state index in [9.17, 15) is 4.79 Å². The number of hydrogen-bond donors (Lipinski definition) is 2. The molecule has 0 bridgehead atoms. The van der Waals surface area contributed by atoms with Crippen LogP contribution in [0.4, 0.5) is 22.7 Å². The Morgan fingerprint density at radius 1 is 1.05 bits per heavy atom. The number of aryl methyl sites for hydroxylation is 1. The third-order valence-corrected chi connectivity index (χ3v) is 3.65. The second kappa shape index (κ2) is 4.89. The van der Waals surface area contributed by atoms with Gasteiger partial charge in [0.1, 0.15) is 0 Å². The fraction of sp³-hybridized carbons (Fsp3) is 0.188. The van der Waals surface area contributed by atoms with Crippen molar-refractivity contribution in [3.63, 3.8) is 0 Å². The monoisotopic (exact) mass is 267 g/mol. The zero-order valence-corrected chi connectivity index (χ0v) is 11.4. The molecule has 0 saturated heterocycles. The molecule has 4 nitrogen and oxygen atoms in total. The summed E-state index contributed by atoms with van der Waals surface area (Å²) >= 11 is 0. The number of anilines is 4. The molecule has 3 N–H and O–H groups in total. The van der Waals surface area contributed by atoms with Gasteiger partial charge >= 0.3 is 0 Å². The molecule has 2 aromatic carbocycles. The first-order chi connectivity index (χ1) is 9.63. The summed E-state index contributed by atoms with van der Waals surface area (Å²) in [6.45, 7) is 0. The van der Waals surface area contributed by atoms with Gasteiger partial charge in [-0.15, -0.1) is 0 Å². The maximum Gasteiger partial charge on any atom is 0.224 e. The third kappa shape index (κ3) is 2.32. The molecule has 0 radical (unpaired) electrons. The minimum atomic E-state index is 0.0946. The van der Waals surface area contributed by atoms with Crippen LogP contribution in [0.2, 0.25) is 0 Å². The zero-order valence-electron chi connectivity index (χ0n) is 11.4. The summed E-state index contributed by atoms with van der Waals surface area (Å²) in [6.07, 6.45) is 1.35. The molecule has 0 spiro atoms. The summed E-state index contributed by atoms with van der Waals surface area (Å²) in [5.41, 5.74) is 10.8. The first-order valence-corrected chi connectivity index (χ1v) is 6.65. The molecule has 0 unspecified atom stereocenters. The smallest absolute Gasteiger partial charge is 0.224 e. The van der Waals surface area contributed by atoms with Gasteiger partial charge in [-0.3, -0.25) is 4.79 Å². The van der Waals surface area contributed by atoms with E-state index in [0.29, 0.717) is 6.42 Å². The van der Waals surface area contributed by atoms with Crippen LogP contribution in [0.1, 0.15) is 12.0 Å². The molecule has 20 heavy (non-hydrogen) atoms. The highest BCUT2D eigenvalue weighted by molar-refractivity contribution is 5.94. The molecule has 0 aliphatic carbocycles. The van der Waals surface area contributed by atoms with E-state index in [4.69, 9.17) is 5.73 Å². The molecule has 0 fully saturated rings. The standard InChI is InChI=1S/C16H17N3O/c1-19(13-5-3-12(17)4-6-13)14-7-8-15-11(10-14)2-9-16(20)18-15/h3-8,10H,2,9,17H2,1H3,(H,18,20). The van der Waals surface area contributed by atoms with Crippen molar-refractivity contribution in [3.8, 4) is 0 Å². The highest BCUT2D eigenvalue weighted by Crippen LogP contribution is 2.30. The Bertz CT molecular complexity index is 649. The van der Waals surface area contributed by atoms with E-state index in [-0.39, 0.29) is 5.91 Å². The topological polar surface area (TPSA) is 58.4 Å². The van der Waals surface area contributed by atoms with E-state index in [1.807, 2.05) is 43.4 Å². The molecule has 102 valence electrons. The summed E-state index contributed by atoms with van der Waals surface area (Å²) in [6, 6.07) is 13.9. The van der Waals surface area contributed by atoms with Crippen LogP contribution in [0.5, 0.6) is 0 Å². The predicted octanol–water partition coefficient (Wildman–Crippen LogP) is 2.92. The summed E-state index contributed by atoms with van der Waals surface area (Å²) in [5, 5.41) is 2.90. The molecule has 2 aromatic rings. The first kappa shape index (κ1) is 12.5. The summed E-state index contributed by atoms with van der Waals surface area (Å²) in [5.74, 6) is 0.0946. The van der Waals surface area contributed by atoms with Crippen LogP contribution in [-0.2, 0) is 11.2 Å². The summed E-state index contributed by atoms with van der Waals surface area (Å²) < 4.78 is 0. The summed E-state index contributed by atoms with van der Waals surface area (Å²) in [7, 11) is 2.02. The Morgan fingerprint density at radius 3 is 2.50 bits per heavy atom. The number of nitrogens with zero attached hydrogens (tertiary/aromatic N) is 1. The Hall–Kier alpha value is -2.49. The van der Waals surface area contributed by atoms with Crippen LogP contribution in [0.15, 0.2) is 42.5 Å². The maximum absolute atomic E-state index is 11.4. The quantitative estimate of drug-likeness (QED) is 0.822. The van der Waals surface area contributed by atoms with Crippen molar-refractivity contribution in [3.05, 3.63) is 48.0 Å². The Balaban J connectivity index is 1.90. The van der Waals surface area contributed by atoms with Gasteiger partial charge < -0.3 is 16.0 Å². The molecule has 4 heteroatoms. The second-order valence-electron chi connectivity index (χ2n) is 5.04. The van der Waals surface area contributed by atoms with Crippen molar-refractivity contribution in [1.29, 1.82) is 0 Å². The highest BCUT2D eigenvalue weighted by atomic mass is 16.1. The molecule has 1 aliphatic heterocycles. The van der Waals surface area contributed by atoms with Gasteiger partial charge in [-0.1, -0.05) is 0 Å². The number of nitrogen functional groups attached to an aromatic ring is 1. The average molecular weight is 267 g/mol. The number of rotatable bonds is 2. The first-order valence-electron chi connectivity index (χ1n) is 6.65. The lowest BCUT2D eigenvalue weighted by atomic mass is 10.0. The van der Waals surface area contributed by atoms with E-state index in [1.54, 1.807) is 0 Å². The Morgan fingerprint density at radius 2 is 1.75 bits per heavy atom. The highest BCUT2D eigenvalue weighted by Gasteiger charge is 2.15. The van der Waals surface area contributed by atoms with Gasteiger partial charge in [0.2, 0.25) is 5.91 Å². The van der Waals surface area contributed by atoms with E-state index in [0.717, 1.165) is 29.2 Å². The number of benzene rings is 2. The molecule has 1 amide bonds. The fourth-order valence-electron chi connectivity index (χ4n) is 2.43. The van der Waals surface area contributed by atoms with Crippen molar-refractivity contribution in [2.45, 2.75) is 12.8 Å². The predicted molar refractivity (Wildman–Crippen MR) is 82.3 cm³/mol. The molecule has 1 heterocycles. The Labute approximate surface area is 118 Å². The van der Waals surface area contributed by atoms with E-state index in [2.05, 4.69) is 16.3 Å². The maximum atomic E-state index is 11.4. The number of nitrogens with one attached hydrogen (secondary N) is 1. The Kier molecular flexibility index (Phi) is 3.06. The lowest BCUT2D eigenvalue weighted by molar-refractivity contribution is -0.116. The molecular weight excluding hydrogens is 250 g/mol. The third-order valence-electron chi connectivity index (χ3n) is 3.65. The fourth-order valence-corrected chi connectivity index (χ4v) is 2.43. The molecule has 1 aliphatic rings. The lowest BCUT2D eigenvalue weighted by Crippen LogP contribution is -2.19. The van der Waals surface area contributed by atoms with Gasteiger partial charge in [0.25, 0.3) is 0 Å². The van der Waals surface area contributed by atoms with Crippen LogP contribution in [0.3, 0.4) is 0 Å². The van der Waals surface area contributed by atoms with Crippen molar-refractivity contribution < 1.29 is 4.79 Å². The average Bonchev–Trinajstić information content (AvgIpc) is 2.47. The van der Waals surface area contributed by atoms with Gasteiger partial charge in [-0.25, -0.2) is 0 Å². The van der Waals surface area contributed by atoms with Crippen LogP contribution >= 0.6 is 0 Å². The summed E-state index contributed by atoms with van der Waals surface area (Å²) in [4.78, 5) is 13.5. The van der Waals surface area contributed by atoms with E-state index < -0.39 is 0 Å². The van der Waals surface area contributed by atoms with Crippen molar-refractivity contribution in [2.24, 2.45) is 0 Å². The lowest BCUT2D eigenvalue weighted by Gasteiger charge is -2.23. The van der Waals surface area contributed by atoms with Gasteiger partial charge in [0.05, 0.1) is 0 Å². The van der Waals surface area contributed by atoms with Crippen LogP contribution in [0.25, 0.3) is 0 Å². The van der Waals surface area contributed by atoms with Crippen LogP contribution < -0.4 is 16.0 Å². The normalized spacial score (nSPS) is 13.6. The number of hydrogen-bond acceptors (Lipinski definition) is 3. The van der Waals surface area contributed by atoms with Crippen molar-refractivity contribution in [1.82, 2.24) is 0 Å². The minimum Gasteiger partial charge on any atom is -0.399 e. The van der Waals surface area contributed by atoms with Crippen LogP contribution in [-0.4, -0.2) is 13.0 Å². The van der Waals surface area contributed by atoms with Gasteiger partial charge in [0.15, 0.2) is 0 Å². The van der Waals surface area contributed by atoms with Crippen molar-refractivity contribution in [2.75, 3.05) is 23.0 Å². The molecule has 0 aromatic heterocycles. The van der Waals surface area contributed by atoms with Gasteiger partial charge in [-0.2, -0.15) is 0 Å². The van der Waals surface area contributed by atoms with E-state index >= 15 is 0 Å².